The van der Waals surface area contributed by atoms with E-state index < -0.39 is 0 Å². The Morgan fingerprint density at radius 2 is 2.05 bits per heavy atom. The van der Waals surface area contributed by atoms with Crippen molar-refractivity contribution in [3.63, 3.8) is 0 Å². The third-order valence-electron chi connectivity index (χ3n) is 3.51. The zero-order chi connectivity index (χ0) is 14.2. The summed E-state index contributed by atoms with van der Waals surface area (Å²) < 4.78 is 16.8. The van der Waals surface area contributed by atoms with Gasteiger partial charge in [0, 0.05) is 25.7 Å². The molecule has 1 unspecified atom stereocenters. The van der Waals surface area contributed by atoms with Crippen molar-refractivity contribution in [1.29, 1.82) is 0 Å². The van der Waals surface area contributed by atoms with Crippen LogP contribution in [-0.2, 0) is 4.74 Å². The first-order chi connectivity index (χ1) is 9.85. The van der Waals surface area contributed by atoms with E-state index in [-0.39, 0.29) is 0 Å². The van der Waals surface area contributed by atoms with Crippen LogP contribution in [0, 0.1) is 0 Å². The maximum atomic E-state index is 5.75. The maximum absolute atomic E-state index is 5.75. The standard InChI is InChI=1S/C16H25NO3/c1-3-18-9-4-6-14(17-2)13-7-8-15-16(12-13)20-11-5-10-19-15/h7-8,12,14,17H,3-6,9-11H2,1-2H3. The third-order valence-corrected chi connectivity index (χ3v) is 3.51. The highest BCUT2D eigenvalue weighted by molar-refractivity contribution is 5.44. The van der Waals surface area contributed by atoms with Crippen molar-refractivity contribution in [3.8, 4) is 11.5 Å². The Morgan fingerprint density at radius 3 is 2.80 bits per heavy atom. The molecule has 0 bridgehead atoms. The van der Waals surface area contributed by atoms with Crippen LogP contribution >= 0.6 is 0 Å². The van der Waals surface area contributed by atoms with Gasteiger partial charge < -0.3 is 19.5 Å². The normalized spacial score (nSPS) is 15.7. The number of nitrogens with one attached hydrogen (secondary N) is 1. The summed E-state index contributed by atoms with van der Waals surface area (Å²) in [5.74, 6) is 1.72. The van der Waals surface area contributed by atoms with E-state index in [1.807, 2.05) is 20.0 Å². The van der Waals surface area contributed by atoms with E-state index in [0.717, 1.165) is 57.2 Å². The Balaban J connectivity index is 2.00. The molecule has 1 aromatic carbocycles. The first-order valence-electron chi connectivity index (χ1n) is 7.49. The van der Waals surface area contributed by atoms with E-state index in [0.29, 0.717) is 6.04 Å². The minimum absolute atomic E-state index is 0.326. The molecule has 1 heterocycles. The molecule has 1 atom stereocenters. The van der Waals surface area contributed by atoms with Crippen molar-refractivity contribution >= 4 is 0 Å². The lowest BCUT2D eigenvalue weighted by Crippen LogP contribution is -2.17. The molecule has 1 N–H and O–H groups in total. The average Bonchev–Trinajstić information content (AvgIpc) is 2.72. The molecular weight excluding hydrogens is 254 g/mol. The molecule has 0 saturated carbocycles. The van der Waals surface area contributed by atoms with Crippen LogP contribution in [0.3, 0.4) is 0 Å². The summed E-state index contributed by atoms with van der Waals surface area (Å²) in [7, 11) is 1.99. The zero-order valence-corrected chi connectivity index (χ0v) is 12.5. The lowest BCUT2D eigenvalue weighted by molar-refractivity contribution is 0.141. The molecule has 0 amide bonds. The maximum Gasteiger partial charge on any atom is 0.161 e. The highest BCUT2D eigenvalue weighted by Gasteiger charge is 2.15. The highest BCUT2D eigenvalue weighted by atomic mass is 16.5. The van der Waals surface area contributed by atoms with Crippen LogP contribution in [0.15, 0.2) is 18.2 Å². The van der Waals surface area contributed by atoms with Crippen LogP contribution in [0.25, 0.3) is 0 Å². The molecule has 112 valence electrons. The predicted octanol–water partition coefficient (Wildman–Crippen LogP) is 2.93. The Morgan fingerprint density at radius 1 is 1.25 bits per heavy atom. The fourth-order valence-corrected chi connectivity index (χ4v) is 2.41. The quantitative estimate of drug-likeness (QED) is 0.779. The topological polar surface area (TPSA) is 39.7 Å². The van der Waals surface area contributed by atoms with Crippen LogP contribution in [0.5, 0.6) is 11.5 Å². The van der Waals surface area contributed by atoms with Gasteiger partial charge in [0.1, 0.15) is 0 Å². The second kappa shape index (κ2) is 8.12. The summed E-state index contributed by atoms with van der Waals surface area (Å²) in [5, 5.41) is 3.37. The molecule has 0 aromatic heterocycles. The SMILES string of the molecule is CCOCCCC(NC)c1ccc2c(c1)OCCCO2. The van der Waals surface area contributed by atoms with Gasteiger partial charge in [-0.3, -0.25) is 0 Å². The molecule has 0 aliphatic carbocycles. The zero-order valence-electron chi connectivity index (χ0n) is 12.5. The van der Waals surface area contributed by atoms with Crippen LogP contribution in [0.4, 0.5) is 0 Å². The lowest BCUT2D eigenvalue weighted by Gasteiger charge is -2.18. The molecular formula is C16H25NO3. The van der Waals surface area contributed by atoms with E-state index in [2.05, 4.69) is 17.4 Å². The Labute approximate surface area is 121 Å². The van der Waals surface area contributed by atoms with E-state index in [1.54, 1.807) is 0 Å². The predicted molar refractivity (Wildman–Crippen MR) is 79.6 cm³/mol. The summed E-state index contributed by atoms with van der Waals surface area (Å²) >= 11 is 0. The van der Waals surface area contributed by atoms with Crippen molar-refractivity contribution < 1.29 is 14.2 Å². The number of fused-ring (bicyclic) bond motifs is 1. The first-order valence-corrected chi connectivity index (χ1v) is 7.49. The van der Waals surface area contributed by atoms with Gasteiger partial charge in [0.15, 0.2) is 11.5 Å². The molecule has 0 saturated heterocycles. The third kappa shape index (κ3) is 4.12. The second-order valence-electron chi connectivity index (χ2n) is 4.94. The van der Waals surface area contributed by atoms with Gasteiger partial charge in [-0.25, -0.2) is 0 Å². The van der Waals surface area contributed by atoms with Crippen molar-refractivity contribution in [2.75, 3.05) is 33.5 Å². The molecule has 2 rings (SSSR count). The van der Waals surface area contributed by atoms with Crippen LogP contribution in [0.1, 0.15) is 37.8 Å². The molecule has 0 fully saturated rings. The molecule has 0 spiro atoms. The minimum Gasteiger partial charge on any atom is -0.490 e. The molecule has 4 heteroatoms. The van der Waals surface area contributed by atoms with Gasteiger partial charge in [-0.05, 0) is 44.5 Å². The Hall–Kier alpha value is -1.26. The van der Waals surface area contributed by atoms with Crippen LogP contribution < -0.4 is 14.8 Å². The smallest absolute Gasteiger partial charge is 0.161 e. The summed E-state index contributed by atoms with van der Waals surface area (Å²) in [6.45, 7) is 5.09. The number of hydrogen-bond acceptors (Lipinski definition) is 4. The van der Waals surface area contributed by atoms with Gasteiger partial charge in [-0.1, -0.05) is 6.07 Å². The van der Waals surface area contributed by atoms with Crippen LogP contribution in [-0.4, -0.2) is 33.5 Å². The largest absolute Gasteiger partial charge is 0.490 e. The summed E-state index contributed by atoms with van der Waals surface area (Å²) in [6, 6.07) is 6.56. The lowest BCUT2D eigenvalue weighted by atomic mass is 10.0. The molecule has 20 heavy (non-hydrogen) atoms. The van der Waals surface area contributed by atoms with Gasteiger partial charge in [0.05, 0.1) is 13.2 Å². The molecule has 4 nitrogen and oxygen atoms in total. The van der Waals surface area contributed by atoms with E-state index in [4.69, 9.17) is 14.2 Å². The first kappa shape index (κ1) is 15.1. The Kier molecular flexibility index (Phi) is 6.15. The van der Waals surface area contributed by atoms with E-state index >= 15 is 0 Å². The van der Waals surface area contributed by atoms with Crippen molar-refractivity contribution in [3.05, 3.63) is 23.8 Å². The van der Waals surface area contributed by atoms with Crippen molar-refractivity contribution in [2.24, 2.45) is 0 Å². The number of benzene rings is 1. The molecule has 1 aliphatic heterocycles. The van der Waals surface area contributed by atoms with E-state index in [9.17, 15) is 0 Å². The van der Waals surface area contributed by atoms with Gasteiger partial charge in [0.2, 0.25) is 0 Å². The van der Waals surface area contributed by atoms with Crippen molar-refractivity contribution in [2.45, 2.75) is 32.2 Å². The summed E-state index contributed by atoms with van der Waals surface area (Å²) in [5.41, 5.74) is 1.24. The molecule has 0 radical (unpaired) electrons. The average molecular weight is 279 g/mol. The van der Waals surface area contributed by atoms with Gasteiger partial charge in [-0.2, -0.15) is 0 Å². The number of ether oxygens (including phenoxy) is 3. The highest BCUT2D eigenvalue weighted by Crippen LogP contribution is 2.33. The van der Waals surface area contributed by atoms with E-state index in [1.165, 1.54) is 5.56 Å². The summed E-state index contributed by atoms with van der Waals surface area (Å²) in [4.78, 5) is 0. The van der Waals surface area contributed by atoms with Crippen LogP contribution in [0.2, 0.25) is 0 Å². The monoisotopic (exact) mass is 279 g/mol. The molecule has 1 aliphatic rings. The second-order valence-corrected chi connectivity index (χ2v) is 4.94. The molecule has 1 aromatic rings. The summed E-state index contributed by atoms with van der Waals surface area (Å²) in [6.07, 6.45) is 3.04. The number of hydrogen-bond donors (Lipinski definition) is 1. The van der Waals surface area contributed by atoms with Gasteiger partial charge in [-0.15, -0.1) is 0 Å². The fourth-order valence-electron chi connectivity index (χ4n) is 2.41. The van der Waals surface area contributed by atoms with Gasteiger partial charge >= 0.3 is 0 Å². The number of rotatable bonds is 7. The van der Waals surface area contributed by atoms with Gasteiger partial charge in [0.25, 0.3) is 0 Å². The Bertz CT molecular complexity index is 409. The minimum atomic E-state index is 0.326. The van der Waals surface area contributed by atoms with Crippen molar-refractivity contribution in [1.82, 2.24) is 5.32 Å². The fraction of sp³-hybridized carbons (Fsp3) is 0.625.